The van der Waals surface area contributed by atoms with Gasteiger partial charge in [-0.1, -0.05) is 49.2 Å². The molecule has 0 spiro atoms. The average Bonchev–Trinajstić information content (AvgIpc) is 2.93. The fraction of sp³-hybridized carbons (Fsp3) is 0.333. The first-order chi connectivity index (χ1) is 12.6. The van der Waals surface area contributed by atoms with E-state index in [9.17, 15) is 4.79 Å². The Balaban J connectivity index is 1.68. The zero-order chi connectivity index (χ0) is 18.1. The monoisotopic (exact) mass is 367 g/mol. The van der Waals surface area contributed by atoms with Crippen LogP contribution < -0.4 is 5.32 Å². The Labute approximate surface area is 158 Å². The van der Waals surface area contributed by atoms with Crippen molar-refractivity contribution in [1.29, 1.82) is 0 Å². The minimum atomic E-state index is -0.472. The van der Waals surface area contributed by atoms with Crippen LogP contribution in [0.4, 0.5) is 5.95 Å². The van der Waals surface area contributed by atoms with E-state index in [4.69, 9.17) is 11.6 Å². The van der Waals surface area contributed by atoms with Gasteiger partial charge in [0.1, 0.15) is 0 Å². The predicted molar refractivity (Wildman–Crippen MR) is 106 cm³/mol. The molecule has 1 heterocycles. The number of nitrogens with one attached hydrogen (secondary N) is 1. The number of anilines is 1. The van der Waals surface area contributed by atoms with E-state index in [1.807, 2.05) is 48.5 Å². The van der Waals surface area contributed by atoms with Gasteiger partial charge in [-0.25, -0.2) is 4.98 Å². The minimum absolute atomic E-state index is 0.0266. The molecule has 5 heteroatoms. The van der Waals surface area contributed by atoms with E-state index in [1.165, 1.54) is 0 Å². The molecule has 4 rings (SSSR count). The molecule has 1 N–H and O–H groups in total. The van der Waals surface area contributed by atoms with Crippen molar-refractivity contribution in [3.63, 3.8) is 0 Å². The van der Waals surface area contributed by atoms with Crippen molar-refractivity contribution in [1.82, 2.24) is 9.55 Å². The molecule has 0 atom stereocenters. The molecular weight excluding hydrogens is 346 g/mol. The van der Waals surface area contributed by atoms with Gasteiger partial charge in [-0.3, -0.25) is 10.1 Å². The third kappa shape index (κ3) is 2.78. The van der Waals surface area contributed by atoms with Crippen LogP contribution in [0.2, 0.25) is 5.02 Å². The lowest BCUT2D eigenvalue weighted by Crippen LogP contribution is -2.46. The summed E-state index contributed by atoms with van der Waals surface area (Å²) in [4.78, 5) is 17.9. The molecule has 0 saturated heterocycles. The van der Waals surface area contributed by atoms with Crippen LogP contribution in [-0.4, -0.2) is 15.5 Å². The number of imidazole rings is 1. The molecule has 4 nitrogen and oxygen atoms in total. The largest absolute Gasteiger partial charge is 0.310 e. The van der Waals surface area contributed by atoms with Crippen molar-refractivity contribution in [2.75, 3.05) is 5.32 Å². The first kappa shape index (κ1) is 17.1. The van der Waals surface area contributed by atoms with E-state index >= 15 is 0 Å². The Morgan fingerprint density at radius 2 is 1.92 bits per heavy atom. The van der Waals surface area contributed by atoms with Gasteiger partial charge in [-0.15, -0.1) is 0 Å². The number of nitrogens with zero attached hydrogens (tertiary/aromatic N) is 2. The number of hydrogen-bond acceptors (Lipinski definition) is 2. The number of hydrogen-bond donors (Lipinski definition) is 1. The Kier molecular flexibility index (Phi) is 4.45. The SMILES string of the molecule is CCCn1c(NC(=O)C2(c3ccc(Cl)cc3)CCC2)nc2ccccc21. The number of carbonyl (C=O) groups excluding carboxylic acids is 1. The molecule has 0 bridgehead atoms. The van der Waals surface area contributed by atoms with Gasteiger partial charge < -0.3 is 4.57 Å². The molecule has 1 aliphatic rings. The maximum absolute atomic E-state index is 13.2. The van der Waals surface area contributed by atoms with Crippen molar-refractivity contribution in [2.45, 2.75) is 44.6 Å². The molecule has 1 fully saturated rings. The van der Waals surface area contributed by atoms with Crippen molar-refractivity contribution in [3.05, 3.63) is 59.1 Å². The summed E-state index contributed by atoms with van der Waals surface area (Å²) in [7, 11) is 0. The van der Waals surface area contributed by atoms with Crippen LogP contribution in [0.3, 0.4) is 0 Å². The third-order valence-corrected chi connectivity index (χ3v) is 5.62. The number of fused-ring (bicyclic) bond motifs is 1. The third-order valence-electron chi connectivity index (χ3n) is 5.37. The number of rotatable bonds is 5. The van der Waals surface area contributed by atoms with Crippen LogP contribution in [0.15, 0.2) is 48.5 Å². The molecule has 0 radical (unpaired) electrons. The zero-order valence-corrected chi connectivity index (χ0v) is 15.6. The number of carbonyl (C=O) groups is 1. The summed E-state index contributed by atoms with van der Waals surface area (Å²) in [6, 6.07) is 15.7. The Bertz CT molecular complexity index is 942. The van der Waals surface area contributed by atoms with Crippen LogP contribution in [0.25, 0.3) is 11.0 Å². The van der Waals surface area contributed by atoms with Crippen molar-refractivity contribution < 1.29 is 4.79 Å². The Hall–Kier alpha value is -2.33. The molecule has 0 aliphatic heterocycles. The first-order valence-electron chi connectivity index (χ1n) is 9.17. The summed E-state index contributed by atoms with van der Waals surface area (Å²) < 4.78 is 2.10. The van der Waals surface area contributed by atoms with E-state index in [1.54, 1.807) is 0 Å². The highest BCUT2D eigenvalue weighted by molar-refractivity contribution is 6.30. The van der Waals surface area contributed by atoms with Gasteiger partial charge in [0.05, 0.1) is 16.4 Å². The molecule has 0 unspecified atom stereocenters. The minimum Gasteiger partial charge on any atom is -0.310 e. The number of aromatic nitrogens is 2. The van der Waals surface area contributed by atoms with Gasteiger partial charge in [0, 0.05) is 11.6 Å². The Morgan fingerprint density at radius 1 is 1.19 bits per heavy atom. The number of amides is 1. The summed E-state index contributed by atoms with van der Waals surface area (Å²) in [6.45, 7) is 2.95. The molecule has 1 saturated carbocycles. The molecule has 1 aliphatic carbocycles. The van der Waals surface area contributed by atoms with E-state index < -0.39 is 5.41 Å². The van der Waals surface area contributed by atoms with Crippen LogP contribution in [0.1, 0.15) is 38.2 Å². The maximum atomic E-state index is 13.2. The van der Waals surface area contributed by atoms with Crippen LogP contribution in [-0.2, 0) is 16.8 Å². The molecule has 2 aromatic carbocycles. The summed E-state index contributed by atoms with van der Waals surface area (Å²) in [5.74, 6) is 0.664. The van der Waals surface area contributed by atoms with Crippen molar-refractivity contribution >= 4 is 34.5 Å². The molecular formula is C21H22ClN3O. The van der Waals surface area contributed by atoms with Gasteiger partial charge in [0.25, 0.3) is 0 Å². The van der Waals surface area contributed by atoms with E-state index in [0.29, 0.717) is 11.0 Å². The summed E-state index contributed by atoms with van der Waals surface area (Å²) in [6.07, 6.45) is 3.75. The zero-order valence-electron chi connectivity index (χ0n) is 14.8. The number of para-hydroxylation sites is 2. The smallest absolute Gasteiger partial charge is 0.237 e. The van der Waals surface area contributed by atoms with Crippen molar-refractivity contribution in [2.24, 2.45) is 0 Å². The van der Waals surface area contributed by atoms with E-state index in [2.05, 4.69) is 21.8 Å². The quantitative estimate of drug-likeness (QED) is 0.677. The summed E-state index contributed by atoms with van der Waals surface area (Å²) in [5, 5.41) is 3.81. The Morgan fingerprint density at radius 3 is 2.58 bits per heavy atom. The number of benzene rings is 2. The lowest BCUT2D eigenvalue weighted by Gasteiger charge is -2.40. The topological polar surface area (TPSA) is 46.9 Å². The normalized spacial score (nSPS) is 15.6. The predicted octanol–water partition coefficient (Wildman–Crippen LogP) is 5.16. The van der Waals surface area contributed by atoms with Gasteiger partial charge in [0.15, 0.2) is 0 Å². The maximum Gasteiger partial charge on any atom is 0.237 e. The van der Waals surface area contributed by atoms with Crippen LogP contribution in [0.5, 0.6) is 0 Å². The van der Waals surface area contributed by atoms with Gasteiger partial charge in [0.2, 0.25) is 11.9 Å². The second-order valence-corrected chi connectivity index (χ2v) is 7.41. The molecule has 26 heavy (non-hydrogen) atoms. The highest BCUT2D eigenvalue weighted by Gasteiger charge is 2.46. The second kappa shape index (κ2) is 6.76. The molecule has 1 aromatic heterocycles. The first-order valence-corrected chi connectivity index (χ1v) is 9.54. The van der Waals surface area contributed by atoms with Gasteiger partial charge in [-0.05, 0) is 49.1 Å². The summed E-state index contributed by atoms with van der Waals surface area (Å²) >= 11 is 6.02. The van der Waals surface area contributed by atoms with E-state index in [-0.39, 0.29) is 5.91 Å². The molecule has 3 aromatic rings. The standard InChI is InChI=1S/C21H22ClN3O/c1-2-14-25-18-7-4-3-6-17(18)23-20(25)24-19(26)21(12-5-13-21)15-8-10-16(22)11-9-15/h3-4,6-11H,2,5,12-14H2,1H3,(H,23,24,26). The fourth-order valence-electron chi connectivity index (χ4n) is 3.79. The van der Waals surface area contributed by atoms with Crippen LogP contribution in [0, 0.1) is 0 Å². The molecule has 1 amide bonds. The molecule has 134 valence electrons. The lowest BCUT2D eigenvalue weighted by molar-refractivity contribution is -0.124. The lowest BCUT2D eigenvalue weighted by atomic mass is 9.64. The highest BCUT2D eigenvalue weighted by Crippen LogP contribution is 2.45. The average molecular weight is 368 g/mol. The van der Waals surface area contributed by atoms with Crippen molar-refractivity contribution in [3.8, 4) is 0 Å². The van der Waals surface area contributed by atoms with Gasteiger partial charge in [-0.2, -0.15) is 0 Å². The highest BCUT2D eigenvalue weighted by atomic mass is 35.5. The van der Waals surface area contributed by atoms with E-state index in [0.717, 1.165) is 48.8 Å². The van der Waals surface area contributed by atoms with Crippen LogP contribution >= 0.6 is 11.6 Å². The number of halogens is 1. The second-order valence-electron chi connectivity index (χ2n) is 6.97. The number of aryl methyl sites for hydroxylation is 1. The fourth-order valence-corrected chi connectivity index (χ4v) is 3.91. The van der Waals surface area contributed by atoms with Gasteiger partial charge >= 0.3 is 0 Å². The summed E-state index contributed by atoms with van der Waals surface area (Å²) in [5.41, 5.74) is 2.52.